The van der Waals surface area contributed by atoms with Crippen molar-refractivity contribution in [2.75, 3.05) is 24.6 Å². The summed E-state index contributed by atoms with van der Waals surface area (Å²) in [4.78, 5) is 22.7. The fourth-order valence-corrected chi connectivity index (χ4v) is 3.49. The first-order chi connectivity index (χ1) is 14.0. The molecule has 1 saturated heterocycles. The number of hydrogen-bond acceptors (Lipinski definition) is 5. The van der Waals surface area contributed by atoms with Gasteiger partial charge in [0.25, 0.3) is 5.56 Å². The van der Waals surface area contributed by atoms with Crippen molar-refractivity contribution in [1.29, 1.82) is 0 Å². The molecule has 3 heterocycles. The van der Waals surface area contributed by atoms with E-state index in [1.165, 1.54) is 29.0 Å². The van der Waals surface area contributed by atoms with Crippen molar-refractivity contribution < 1.29 is 13.5 Å². The summed E-state index contributed by atoms with van der Waals surface area (Å²) in [5.41, 5.74) is 0.689. The molecule has 29 heavy (non-hydrogen) atoms. The van der Waals surface area contributed by atoms with Crippen LogP contribution in [-0.4, -0.2) is 34.2 Å². The van der Waals surface area contributed by atoms with E-state index < -0.39 is 5.82 Å². The Balaban J connectivity index is 1.64. The predicted octanol–water partition coefficient (Wildman–Crippen LogP) is 3.09. The normalized spacial score (nSPS) is 17.2. The van der Waals surface area contributed by atoms with Crippen molar-refractivity contribution in [3.05, 3.63) is 76.3 Å². The quantitative estimate of drug-likeness (QED) is 0.679. The molecule has 1 aromatic carbocycles. The van der Waals surface area contributed by atoms with Crippen LogP contribution >= 0.6 is 0 Å². The Morgan fingerprint density at radius 2 is 1.97 bits per heavy atom. The third kappa shape index (κ3) is 3.88. The molecule has 0 amide bonds. The molecule has 1 aliphatic heterocycles. The van der Waals surface area contributed by atoms with Crippen LogP contribution in [-0.2, 0) is 11.8 Å². The highest BCUT2D eigenvalue weighted by Crippen LogP contribution is 2.28. The molecule has 8 heteroatoms. The van der Waals surface area contributed by atoms with Crippen molar-refractivity contribution in [2.45, 2.75) is 12.5 Å². The average molecular weight is 398 g/mol. The van der Waals surface area contributed by atoms with E-state index in [-0.39, 0.29) is 28.7 Å². The summed E-state index contributed by atoms with van der Waals surface area (Å²) in [7, 11) is 1.62. The third-order valence-corrected chi connectivity index (χ3v) is 5.04. The second kappa shape index (κ2) is 8.08. The maximum absolute atomic E-state index is 14.1. The van der Waals surface area contributed by atoms with E-state index in [0.29, 0.717) is 37.6 Å². The first kappa shape index (κ1) is 19.2. The van der Waals surface area contributed by atoms with Gasteiger partial charge in [0.05, 0.1) is 24.6 Å². The fourth-order valence-electron chi connectivity index (χ4n) is 3.49. The second-order valence-electron chi connectivity index (χ2n) is 6.85. The Morgan fingerprint density at radius 3 is 2.76 bits per heavy atom. The minimum atomic E-state index is -0.544. The minimum absolute atomic E-state index is 0.217. The van der Waals surface area contributed by atoms with Gasteiger partial charge in [-0.1, -0.05) is 18.2 Å². The molecule has 0 aliphatic carbocycles. The Hall–Kier alpha value is -3.13. The Labute approximate surface area is 166 Å². The molecule has 1 unspecified atom stereocenters. The summed E-state index contributed by atoms with van der Waals surface area (Å²) in [5, 5.41) is 0. The highest BCUT2D eigenvalue weighted by molar-refractivity contribution is 5.60. The van der Waals surface area contributed by atoms with Gasteiger partial charge in [-0.3, -0.25) is 14.3 Å². The van der Waals surface area contributed by atoms with E-state index >= 15 is 0 Å². The van der Waals surface area contributed by atoms with E-state index in [1.54, 1.807) is 25.2 Å². The van der Waals surface area contributed by atoms with Crippen molar-refractivity contribution in [3.63, 3.8) is 0 Å². The first-order valence-electron chi connectivity index (χ1n) is 9.33. The summed E-state index contributed by atoms with van der Waals surface area (Å²) < 4.78 is 35.6. The summed E-state index contributed by atoms with van der Waals surface area (Å²) in [6.07, 6.45) is 2.70. The van der Waals surface area contributed by atoms with Gasteiger partial charge in [-0.05, 0) is 18.6 Å². The standard InChI is InChI=1S/C21H20F2N4O2/c1-26-20(28)12-18(14-6-8-24-13-17(14)23)25-21(26)27-9-7-19(29-11-10-27)15-4-2-3-5-16(15)22/h2-6,8,12-13,19H,7,9-11H2,1H3. The number of hydrogen-bond donors (Lipinski definition) is 0. The molecule has 0 bridgehead atoms. The van der Waals surface area contributed by atoms with Crippen LogP contribution in [0.15, 0.2) is 53.6 Å². The summed E-state index contributed by atoms with van der Waals surface area (Å²) in [6, 6.07) is 9.35. The molecule has 1 fully saturated rings. The highest BCUT2D eigenvalue weighted by atomic mass is 19.1. The average Bonchev–Trinajstić information content (AvgIpc) is 2.97. The number of ether oxygens (including phenoxy) is 1. The predicted molar refractivity (Wildman–Crippen MR) is 105 cm³/mol. The van der Waals surface area contributed by atoms with Crippen molar-refractivity contribution in [3.8, 4) is 11.3 Å². The maximum Gasteiger partial charge on any atom is 0.255 e. The molecule has 6 nitrogen and oxygen atoms in total. The van der Waals surface area contributed by atoms with Crippen molar-refractivity contribution in [1.82, 2.24) is 14.5 Å². The Bertz CT molecular complexity index is 1090. The zero-order chi connectivity index (χ0) is 20.4. The van der Waals surface area contributed by atoms with E-state index in [4.69, 9.17) is 4.74 Å². The zero-order valence-electron chi connectivity index (χ0n) is 15.9. The van der Waals surface area contributed by atoms with Gasteiger partial charge in [-0.15, -0.1) is 0 Å². The number of benzene rings is 1. The monoisotopic (exact) mass is 398 g/mol. The number of anilines is 1. The summed E-state index contributed by atoms with van der Waals surface area (Å²) in [6.45, 7) is 1.35. The van der Waals surface area contributed by atoms with Gasteiger partial charge in [0, 0.05) is 43.5 Å². The van der Waals surface area contributed by atoms with Gasteiger partial charge in [-0.25, -0.2) is 13.8 Å². The number of pyridine rings is 1. The molecule has 1 aliphatic rings. The SMILES string of the molecule is Cn1c(N2CCOC(c3ccccc3F)CC2)nc(-c2ccncc2F)cc1=O. The van der Waals surface area contributed by atoms with Crippen LogP contribution in [0.1, 0.15) is 18.1 Å². The lowest BCUT2D eigenvalue weighted by atomic mass is 10.1. The van der Waals surface area contributed by atoms with Gasteiger partial charge in [0.2, 0.25) is 5.95 Å². The van der Waals surface area contributed by atoms with E-state index in [0.717, 1.165) is 6.20 Å². The molecular formula is C21H20F2N4O2. The van der Waals surface area contributed by atoms with E-state index in [1.807, 2.05) is 4.90 Å². The van der Waals surface area contributed by atoms with Crippen LogP contribution in [0.5, 0.6) is 0 Å². The first-order valence-corrected chi connectivity index (χ1v) is 9.33. The summed E-state index contributed by atoms with van der Waals surface area (Å²) in [5.74, 6) is -0.425. The molecule has 0 N–H and O–H groups in total. The zero-order valence-corrected chi connectivity index (χ0v) is 15.9. The number of aromatic nitrogens is 3. The molecule has 2 aromatic heterocycles. The molecule has 150 valence electrons. The number of nitrogens with zero attached hydrogens (tertiary/aromatic N) is 4. The maximum atomic E-state index is 14.1. The second-order valence-corrected chi connectivity index (χ2v) is 6.85. The van der Waals surface area contributed by atoms with Gasteiger partial charge in [0.1, 0.15) is 5.82 Å². The van der Waals surface area contributed by atoms with Crippen molar-refractivity contribution in [2.24, 2.45) is 7.05 Å². The molecule has 3 aromatic rings. The van der Waals surface area contributed by atoms with Gasteiger partial charge in [0.15, 0.2) is 5.82 Å². The number of rotatable bonds is 3. The third-order valence-electron chi connectivity index (χ3n) is 5.04. The lowest BCUT2D eigenvalue weighted by Gasteiger charge is -2.23. The lowest BCUT2D eigenvalue weighted by molar-refractivity contribution is 0.0621. The van der Waals surface area contributed by atoms with Gasteiger partial charge >= 0.3 is 0 Å². The molecule has 0 spiro atoms. The molecule has 1 atom stereocenters. The Morgan fingerprint density at radius 1 is 1.14 bits per heavy atom. The van der Waals surface area contributed by atoms with E-state index in [9.17, 15) is 13.6 Å². The van der Waals surface area contributed by atoms with Crippen LogP contribution in [0.4, 0.5) is 14.7 Å². The lowest BCUT2D eigenvalue weighted by Crippen LogP contribution is -2.33. The summed E-state index contributed by atoms with van der Waals surface area (Å²) >= 11 is 0. The topological polar surface area (TPSA) is 60.2 Å². The largest absolute Gasteiger partial charge is 0.372 e. The van der Waals surface area contributed by atoms with Crippen LogP contribution in [0.25, 0.3) is 11.3 Å². The van der Waals surface area contributed by atoms with E-state index in [2.05, 4.69) is 9.97 Å². The highest BCUT2D eigenvalue weighted by Gasteiger charge is 2.24. The molecule has 0 radical (unpaired) electrons. The molecule has 0 saturated carbocycles. The van der Waals surface area contributed by atoms with Crippen LogP contribution in [0.2, 0.25) is 0 Å². The van der Waals surface area contributed by atoms with Gasteiger partial charge < -0.3 is 9.64 Å². The molecular weight excluding hydrogens is 378 g/mol. The smallest absolute Gasteiger partial charge is 0.255 e. The van der Waals surface area contributed by atoms with Crippen LogP contribution < -0.4 is 10.5 Å². The number of halogens is 2. The minimum Gasteiger partial charge on any atom is -0.372 e. The van der Waals surface area contributed by atoms with Crippen LogP contribution in [0.3, 0.4) is 0 Å². The Kier molecular flexibility index (Phi) is 5.35. The molecule has 4 rings (SSSR count). The van der Waals surface area contributed by atoms with Crippen LogP contribution in [0, 0.1) is 11.6 Å². The van der Waals surface area contributed by atoms with Gasteiger partial charge in [-0.2, -0.15) is 0 Å². The van der Waals surface area contributed by atoms with Crippen molar-refractivity contribution >= 4 is 5.95 Å². The fraction of sp³-hybridized carbons (Fsp3) is 0.286.